The van der Waals surface area contributed by atoms with E-state index in [9.17, 15) is 14.7 Å². The van der Waals surface area contributed by atoms with E-state index in [-0.39, 0.29) is 11.8 Å². The second-order valence-corrected chi connectivity index (χ2v) is 6.91. The molecule has 0 aromatic heterocycles. The average molecular weight is 354 g/mol. The number of carbonyl (C=O) groups excluding carboxylic acids is 1. The largest absolute Gasteiger partial charge is 0.481 e. The number of allylic oxidation sites excluding steroid dienone is 2. The molecule has 2 aliphatic rings. The van der Waals surface area contributed by atoms with Gasteiger partial charge >= 0.3 is 5.97 Å². The van der Waals surface area contributed by atoms with E-state index in [1.54, 1.807) is 17.0 Å². The highest BCUT2D eigenvalue weighted by Gasteiger charge is 2.44. The summed E-state index contributed by atoms with van der Waals surface area (Å²) >= 11 is 11.9. The quantitative estimate of drug-likeness (QED) is 0.844. The molecule has 23 heavy (non-hydrogen) atoms. The predicted octanol–water partition coefficient (Wildman–Crippen LogP) is 3.62. The molecule has 6 heteroatoms. The lowest BCUT2D eigenvalue weighted by Crippen LogP contribution is -2.49. The third kappa shape index (κ3) is 3.24. The molecule has 1 saturated heterocycles. The first-order valence-corrected chi connectivity index (χ1v) is 8.35. The maximum absolute atomic E-state index is 12.8. The van der Waals surface area contributed by atoms with Gasteiger partial charge in [-0.1, -0.05) is 41.4 Å². The highest BCUT2D eigenvalue weighted by molar-refractivity contribution is 6.42. The monoisotopic (exact) mass is 353 g/mol. The predicted molar refractivity (Wildman–Crippen MR) is 88.4 cm³/mol. The molecule has 0 radical (unpaired) electrons. The lowest BCUT2D eigenvalue weighted by Gasteiger charge is -2.41. The van der Waals surface area contributed by atoms with E-state index in [1.807, 2.05) is 18.2 Å². The molecule has 1 aromatic rings. The Morgan fingerprint density at radius 3 is 2.78 bits per heavy atom. The highest BCUT2D eigenvalue weighted by Crippen LogP contribution is 2.38. The van der Waals surface area contributed by atoms with Gasteiger partial charge in [0, 0.05) is 13.1 Å². The molecule has 0 spiro atoms. The number of carboxylic acids is 1. The highest BCUT2D eigenvalue weighted by atomic mass is 35.5. The van der Waals surface area contributed by atoms with E-state index in [0.717, 1.165) is 12.0 Å². The normalized spacial score (nSPS) is 27.0. The zero-order valence-corrected chi connectivity index (χ0v) is 13.9. The fourth-order valence-electron chi connectivity index (χ4n) is 3.49. The summed E-state index contributed by atoms with van der Waals surface area (Å²) in [5.41, 5.74) is 0.893. The molecule has 122 valence electrons. The SMILES string of the molecule is O=C(O)[C@H]1CC=C[C@H]2CCN(Cc3ccc(Cl)c(Cl)c3)C(=O)[C@@H]12. The number of piperidine rings is 1. The Morgan fingerprint density at radius 2 is 2.09 bits per heavy atom. The minimum Gasteiger partial charge on any atom is -0.481 e. The molecule has 4 nitrogen and oxygen atoms in total. The number of hydrogen-bond donors (Lipinski definition) is 1. The van der Waals surface area contributed by atoms with Crippen molar-refractivity contribution < 1.29 is 14.7 Å². The van der Waals surface area contributed by atoms with Crippen molar-refractivity contribution in [3.05, 3.63) is 46.0 Å². The topological polar surface area (TPSA) is 57.6 Å². The number of aliphatic carboxylic acids is 1. The van der Waals surface area contributed by atoms with Crippen LogP contribution < -0.4 is 0 Å². The molecule has 1 aliphatic carbocycles. The molecular weight excluding hydrogens is 337 g/mol. The summed E-state index contributed by atoms with van der Waals surface area (Å²) in [4.78, 5) is 26.0. The van der Waals surface area contributed by atoms with Crippen LogP contribution in [0.25, 0.3) is 0 Å². The van der Waals surface area contributed by atoms with Crippen LogP contribution >= 0.6 is 23.2 Å². The van der Waals surface area contributed by atoms with Gasteiger partial charge in [0.2, 0.25) is 5.91 Å². The Hall–Kier alpha value is -1.52. The van der Waals surface area contributed by atoms with Gasteiger partial charge < -0.3 is 10.0 Å². The summed E-state index contributed by atoms with van der Waals surface area (Å²) in [5.74, 6) is -2.04. The van der Waals surface area contributed by atoms with Crippen LogP contribution in [-0.4, -0.2) is 28.4 Å². The molecule has 1 aliphatic heterocycles. The fourth-order valence-corrected chi connectivity index (χ4v) is 3.81. The van der Waals surface area contributed by atoms with Gasteiger partial charge in [0.15, 0.2) is 0 Å². The van der Waals surface area contributed by atoms with Gasteiger partial charge in [-0.15, -0.1) is 0 Å². The van der Waals surface area contributed by atoms with Gasteiger partial charge in [-0.2, -0.15) is 0 Å². The van der Waals surface area contributed by atoms with Crippen LogP contribution in [-0.2, 0) is 16.1 Å². The maximum atomic E-state index is 12.8. The van der Waals surface area contributed by atoms with Gasteiger partial charge in [0.05, 0.1) is 21.9 Å². The van der Waals surface area contributed by atoms with Crippen LogP contribution in [0.2, 0.25) is 10.0 Å². The van der Waals surface area contributed by atoms with Crippen LogP contribution in [0, 0.1) is 17.8 Å². The summed E-state index contributed by atoms with van der Waals surface area (Å²) in [7, 11) is 0. The maximum Gasteiger partial charge on any atom is 0.307 e. The minimum absolute atomic E-state index is 0.0300. The summed E-state index contributed by atoms with van der Waals surface area (Å²) in [6.07, 6.45) is 5.10. The van der Waals surface area contributed by atoms with Crippen molar-refractivity contribution in [1.82, 2.24) is 4.90 Å². The molecule has 1 fully saturated rings. The molecule has 1 heterocycles. The lowest BCUT2D eigenvalue weighted by atomic mass is 9.71. The second kappa shape index (κ2) is 6.54. The standard InChI is InChI=1S/C17H17Cl2NO3/c18-13-5-4-10(8-14(13)19)9-20-7-6-11-2-1-3-12(17(22)23)15(11)16(20)21/h1-2,4-5,8,11-12,15H,3,6-7,9H2,(H,22,23)/t11-,12-,15+/m0/s1. The van der Waals surface area contributed by atoms with Crippen molar-refractivity contribution in [2.75, 3.05) is 6.54 Å². The van der Waals surface area contributed by atoms with Crippen molar-refractivity contribution in [1.29, 1.82) is 0 Å². The van der Waals surface area contributed by atoms with Crippen molar-refractivity contribution in [2.45, 2.75) is 19.4 Å². The Kier molecular flexibility index (Phi) is 4.64. The average Bonchev–Trinajstić information content (AvgIpc) is 2.53. The van der Waals surface area contributed by atoms with Crippen molar-refractivity contribution in [3.8, 4) is 0 Å². The first-order valence-electron chi connectivity index (χ1n) is 7.59. The number of rotatable bonds is 3. The second-order valence-electron chi connectivity index (χ2n) is 6.10. The summed E-state index contributed by atoms with van der Waals surface area (Å²) in [5, 5.41) is 10.3. The molecule has 1 aromatic carbocycles. The van der Waals surface area contributed by atoms with Crippen LogP contribution in [0.4, 0.5) is 0 Å². The van der Waals surface area contributed by atoms with E-state index in [2.05, 4.69) is 0 Å². The first kappa shape index (κ1) is 16.3. The third-order valence-corrected chi connectivity index (χ3v) is 5.41. The number of amides is 1. The number of carbonyl (C=O) groups is 2. The van der Waals surface area contributed by atoms with Crippen LogP contribution in [0.3, 0.4) is 0 Å². The van der Waals surface area contributed by atoms with Crippen molar-refractivity contribution in [3.63, 3.8) is 0 Å². The number of carboxylic acid groups (broad SMARTS) is 1. The van der Waals surface area contributed by atoms with Crippen LogP contribution in [0.15, 0.2) is 30.4 Å². The van der Waals surface area contributed by atoms with E-state index < -0.39 is 17.8 Å². The van der Waals surface area contributed by atoms with E-state index in [0.29, 0.717) is 29.6 Å². The summed E-state index contributed by atoms with van der Waals surface area (Å²) in [6.45, 7) is 1.05. The van der Waals surface area contributed by atoms with Gasteiger partial charge in [-0.3, -0.25) is 9.59 Å². The molecule has 3 atom stereocenters. The van der Waals surface area contributed by atoms with Crippen molar-refractivity contribution >= 4 is 35.1 Å². The molecule has 1 N–H and O–H groups in total. The van der Waals surface area contributed by atoms with E-state index in [1.165, 1.54) is 0 Å². The lowest BCUT2D eigenvalue weighted by molar-refractivity contribution is -0.155. The van der Waals surface area contributed by atoms with Gasteiger partial charge in [-0.05, 0) is 36.5 Å². The molecule has 0 unspecified atom stereocenters. The molecule has 0 bridgehead atoms. The van der Waals surface area contributed by atoms with E-state index in [4.69, 9.17) is 23.2 Å². The number of fused-ring (bicyclic) bond motifs is 1. The van der Waals surface area contributed by atoms with Crippen molar-refractivity contribution in [2.24, 2.45) is 17.8 Å². The van der Waals surface area contributed by atoms with E-state index >= 15 is 0 Å². The Labute approximate surface area is 144 Å². The summed E-state index contributed by atoms with van der Waals surface area (Å²) in [6, 6.07) is 5.29. The minimum atomic E-state index is -0.894. The number of nitrogens with zero attached hydrogens (tertiary/aromatic N) is 1. The zero-order valence-electron chi connectivity index (χ0n) is 12.4. The van der Waals surface area contributed by atoms with Crippen LogP contribution in [0.1, 0.15) is 18.4 Å². The number of likely N-dealkylation sites (tertiary alicyclic amines) is 1. The Morgan fingerprint density at radius 1 is 1.30 bits per heavy atom. The Bertz CT molecular complexity index is 674. The Balaban J connectivity index is 1.79. The fraction of sp³-hybridized carbons (Fsp3) is 0.412. The zero-order chi connectivity index (χ0) is 16.6. The molecular formula is C17H17Cl2NO3. The van der Waals surface area contributed by atoms with Gasteiger partial charge in [0.25, 0.3) is 0 Å². The summed E-state index contributed by atoms with van der Waals surface area (Å²) < 4.78 is 0. The molecule has 3 rings (SSSR count). The van der Waals surface area contributed by atoms with Gasteiger partial charge in [0.1, 0.15) is 0 Å². The molecule has 1 amide bonds. The third-order valence-electron chi connectivity index (χ3n) is 4.67. The molecule has 0 saturated carbocycles. The van der Waals surface area contributed by atoms with Crippen LogP contribution in [0.5, 0.6) is 0 Å². The number of halogens is 2. The smallest absolute Gasteiger partial charge is 0.307 e. The first-order chi connectivity index (χ1) is 11.0. The number of hydrogen-bond acceptors (Lipinski definition) is 2. The number of benzene rings is 1. The van der Waals surface area contributed by atoms with Gasteiger partial charge in [-0.25, -0.2) is 0 Å².